The molecular formula is C22H28N6O3S. The van der Waals surface area contributed by atoms with E-state index in [0.29, 0.717) is 36.3 Å². The molecule has 32 heavy (non-hydrogen) atoms. The van der Waals surface area contributed by atoms with Gasteiger partial charge in [0, 0.05) is 12.1 Å². The number of aliphatic hydroxyl groups is 3. The smallest absolute Gasteiger partial charge is 0.222 e. The summed E-state index contributed by atoms with van der Waals surface area (Å²) < 4.78 is 1.01. The van der Waals surface area contributed by atoms with Crippen molar-refractivity contribution in [3.05, 3.63) is 23.7 Å². The summed E-state index contributed by atoms with van der Waals surface area (Å²) in [5.74, 6) is 0.194. The van der Waals surface area contributed by atoms with Gasteiger partial charge in [-0.05, 0) is 39.2 Å². The Balaban J connectivity index is 1.51. The Morgan fingerprint density at radius 1 is 1.09 bits per heavy atom. The largest absolute Gasteiger partial charge is 0.390 e. The van der Waals surface area contributed by atoms with E-state index >= 15 is 0 Å². The van der Waals surface area contributed by atoms with Gasteiger partial charge in [-0.25, -0.2) is 9.97 Å². The highest BCUT2D eigenvalue weighted by molar-refractivity contribution is 7.21. The summed E-state index contributed by atoms with van der Waals surface area (Å²) >= 11 is 1.51. The Labute approximate surface area is 189 Å². The topological polar surface area (TPSA) is 150 Å². The number of fused-ring (bicyclic) bond motifs is 1. The Morgan fingerprint density at radius 2 is 1.84 bits per heavy atom. The Kier molecular flexibility index (Phi) is 5.28. The van der Waals surface area contributed by atoms with Gasteiger partial charge in [0.2, 0.25) is 5.95 Å². The highest BCUT2D eigenvalue weighted by atomic mass is 32.1. The monoisotopic (exact) mass is 456 g/mol. The minimum atomic E-state index is -1.03. The normalized spacial score (nSPS) is 27.3. The molecule has 3 aromatic rings. The number of nitrogens with one attached hydrogen (secondary N) is 1. The fourth-order valence-electron chi connectivity index (χ4n) is 5.29. The van der Waals surface area contributed by atoms with Crippen LogP contribution >= 0.6 is 11.3 Å². The average molecular weight is 457 g/mol. The van der Waals surface area contributed by atoms with Crippen LogP contribution < -0.4 is 11.1 Å². The summed E-state index contributed by atoms with van der Waals surface area (Å²) in [4.78, 5) is 17.8. The lowest BCUT2D eigenvalue weighted by Crippen LogP contribution is -2.42. The molecule has 170 valence electrons. The van der Waals surface area contributed by atoms with E-state index in [1.54, 1.807) is 6.20 Å². The van der Waals surface area contributed by atoms with Crippen molar-refractivity contribution in [2.75, 3.05) is 11.1 Å². The van der Waals surface area contributed by atoms with Crippen LogP contribution in [0, 0.1) is 19.8 Å². The number of aliphatic hydroxyl groups excluding tert-OH is 2. The van der Waals surface area contributed by atoms with Crippen molar-refractivity contribution in [3.8, 4) is 10.6 Å². The van der Waals surface area contributed by atoms with Gasteiger partial charge in [0.1, 0.15) is 22.4 Å². The Morgan fingerprint density at radius 3 is 2.56 bits per heavy atom. The first kappa shape index (κ1) is 21.4. The van der Waals surface area contributed by atoms with Gasteiger partial charge in [0.25, 0.3) is 0 Å². The van der Waals surface area contributed by atoms with E-state index in [1.807, 2.05) is 19.9 Å². The van der Waals surface area contributed by atoms with Crippen LogP contribution in [0.5, 0.6) is 0 Å². The lowest BCUT2D eigenvalue weighted by molar-refractivity contribution is -0.0763. The average Bonchev–Trinajstić information content (AvgIpc) is 3.43. The number of hydrogen-bond donors (Lipinski definition) is 5. The van der Waals surface area contributed by atoms with Crippen LogP contribution in [0.3, 0.4) is 0 Å². The molecule has 0 radical (unpaired) electrons. The van der Waals surface area contributed by atoms with E-state index in [0.717, 1.165) is 33.8 Å². The molecule has 2 fully saturated rings. The molecule has 2 aliphatic carbocycles. The van der Waals surface area contributed by atoms with Crippen LogP contribution in [0.25, 0.3) is 20.8 Å². The number of thiazole rings is 1. The number of nitrogens with zero attached hydrogens (tertiary/aromatic N) is 4. The minimum absolute atomic E-state index is 0.117. The number of anilines is 2. The predicted molar refractivity (Wildman–Crippen MR) is 123 cm³/mol. The lowest BCUT2D eigenvalue weighted by Gasteiger charge is -2.32. The van der Waals surface area contributed by atoms with Crippen molar-refractivity contribution in [1.29, 1.82) is 0 Å². The zero-order chi connectivity index (χ0) is 22.6. The quantitative estimate of drug-likeness (QED) is 0.398. The van der Waals surface area contributed by atoms with Gasteiger partial charge in [-0.2, -0.15) is 4.98 Å². The van der Waals surface area contributed by atoms with Crippen molar-refractivity contribution in [2.24, 2.45) is 5.92 Å². The minimum Gasteiger partial charge on any atom is -0.390 e. The molecule has 10 heteroatoms. The van der Waals surface area contributed by atoms with Crippen LogP contribution in [0.4, 0.5) is 11.8 Å². The van der Waals surface area contributed by atoms with Crippen LogP contribution in [-0.2, 0) is 0 Å². The highest BCUT2D eigenvalue weighted by Gasteiger charge is 2.52. The fourth-order valence-corrected chi connectivity index (χ4v) is 6.40. The maximum absolute atomic E-state index is 11.0. The maximum atomic E-state index is 11.0. The number of nitrogens with two attached hydrogens (primary N) is 1. The van der Waals surface area contributed by atoms with Crippen LogP contribution in [0.1, 0.15) is 43.5 Å². The molecule has 0 amide bonds. The molecule has 0 saturated heterocycles. The van der Waals surface area contributed by atoms with Crippen molar-refractivity contribution >= 4 is 33.3 Å². The molecule has 3 heterocycles. The SMILES string of the molecule is Cc1nc(N)nc(N[C@@H]2C[C@H](C3(O)CCCC3)[C@@H](O)[C@H]2O)c1-c1nc2c(C)nccc2s1. The second kappa shape index (κ2) is 7.87. The zero-order valence-electron chi connectivity index (χ0n) is 18.1. The third kappa shape index (κ3) is 3.51. The standard InChI is InChI=1S/C22H28N6O3S/c1-10-15(20-27-16-11(2)24-8-5-14(16)32-20)19(28-21(23)25-10)26-13-9-12(17(29)18(13)30)22(31)6-3-4-7-22/h5,8,12-13,17-18,29-31H,3-4,6-7,9H2,1-2H3,(H3,23,25,26,28)/t12-,13+,17+,18-/m0/s1. The number of rotatable bonds is 4. The van der Waals surface area contributed by atoms with Gasteiger partial charge in [0.05, 0.1) is 39.4 Å². The molecule has 9 nitrogen and oxygen atoms in total. The number of aromatic nitrogens is 4. The molecule has 0 spiro atoms. The predicted octanol–water partition coefficient (Wildman–Crippen LogP) is 2.17. The first-order chi connectivity index (χ1) is 15.3. The van der Waals surface area contributed by atoms with Gasteiger partial charge in [-0.3, -0.25) is 4.98 Å². The van der Waals surface area contributed by atoms with E-state index < -0.39 is 29.8 Å². The summed E-state index contributed by atoms with van der Waals surface area (Å²) in [6.07, 6.45) is 3.33. The van der Waals surface area contributed by atoms with E-state index in [-0.39, 0.29) is 5.95 Å². The highest BCUT2D eigenvalue weighted by Crippen LogP contribution is 2.45. The van der Waals surface area contributed by atoms with E-state index in [2.05, 4.69) is 20.3 Å². The number of pyridine rings is 1. The lowest BCUT2D eigenvalue weighted by atomic mass is 9.83. The Hall–Kier alpha value is -2.40. The Bertz CT molecular complexity index is 1160. The molecule has 0 aliphatic heterocycles. The molecule has 0 bridgehead atoms. The summed E-state index contributed by atoms with van der Waals surface area (Å²) in [6.45, 7) is 3.77. The fraction of sp³-hybridized carbons (Fsp3) is 0.545. The summed E-state index contributed by atoms with van der Waals surface area (Å²) in [7, 11) is 0. The van der Waals surface area contributed by atoms with Gasteiger partial charge >= 0.3 is 0 Å². The summed E-state index contributed by atoms with van der Waals surface area (Å²) in [5, 5.41) is 36.6. The molecule has 0 unspecified atom stereocenters. The van der Waals surface area contributed by atoms with E-state index in [9.17, 15) is 15.3 Å². The van der Waals surface area contributed by atoms with Gasteiger partial charge in [-0.1, -0.05) is 12.8 Å². The molecule has 2 aliphatic rings. The number of nitrogen functional groups attached to an aromatic ring is 1. The van der Waals surface area contributed by atoms with E-state index in [1.165, 1.54) is 11.3 Å². The first-order valence-electron chi connectivity index (χ1n) is 11.0. The van der Waals surface area contributed by atoms with Crippen molar-refractivity contribution < 1.29 is 15.3 Å². The third-order valence-electron chi connectivity index (χ3n) is 6.98. The van der Waals surface area contributed by atoms with Crippen LogP contribution in [0.15, 0.2) is 12.3 Å². The van der Waals surface area contributed by atoms with Crippen LogP contribution in [-0.4, -0.2) is 59.1 Å². The molecule has 0 aromatic carbocycles. The summed E-state index contributed by atoms with van der Waals surface area (Å²) in [6, 6.07) is 1.44. The van der Waals surface area contributed by atoms with Crippen molar-refractivity contribution in [1.82, 2.24) is 19.9 Å². The third-order valence-corrected chi connectivity index (χ3v) is 8.01. The zero-order valence-corrected chi connectivity index (χ0v) is 18.9. The molecule has 4 atom stereocenters. The molecule has 3 aromatic heterocycles. The van der Waals surface area contributed by atoms with Crippen molar-refractivity contribution in [2.45, 2.75) is 69.8 Å². The van der Waals surface area contributed by atoms with Crippen LogP contribution in [0.2, 0.25) is 0 Å². The van der Waals surface area contributed by atoms with E-state index in [4.69, 9.17) is 10.7 Å². The molecular weight excluding hydrogens is 428 g/mol. The number of aryl methyl sites for hydroxylation is 2. The summed E-state index contributed by atoms with van der Waals surface area (Å²) in [5.41, 5.74) is 8.07. The second-order valence-electron chi connectivity index (χ2n) is 9.04. The van der Waals surface area contributed by atoms with Gasteiger partial charge in [-0.15, -0.1) is 11.3 Å². The maximum Gasteiger partial charge on any atom is 0.222 e. The van der Waals surface area contributed by atoms with Gasteiger partial charge in [0.15, 0.2) is 0 Å². The molecule has 6 N–H and O–H groups in total. The second-order valence-corrected chi connectivity index (χ2v) is 10.1. The molecule has 2 saturated carbocycles. The van der Waals surface area contributed by atoms with Gasteiger partial charge < -0.3 is 26.4 Å². The van der Waals surface area contributed by atoms with Crippen molar-refractivity contribution in [3.63, 3.8) is 0 Å². The molecule has 5 rings (SSSR count). The number of hydrogen-bond acceptors (Lipinski definition) is 10. The first-order valence-corrected chi connectivity index (χ1v) is 11.8.